The summed E-state index contributed by atoms with van der Waals surface area (Å²) in [7, 11) is 0. The van der Waals surface area contributed by atoms with Gasteiger partial charge in [-0.1, -0.05) is 0 Å². The van der Waals surface area contributed by atoms with Gasteiger partial charge in [0.2, 0.25) is 0 Å². The number of nitriles is 1. The number of rotatable bonds is 4. The number of amides is 1. The molecule has 12 heteroatoms. The summed E-state index contributed by atoms with van der Waals surface area (Å²) in [4.78, 5) is 22.1. The number of alkyl halides is 4. The second-order valence-corrected chi connectivity index (χ2v) is 7.86. The smallest absolute Gasteiger partial charge is 0.364 e. The van der Waals surface area contributed by atoms with E-state index in [2.05, 4.69) is 20.6 Å². The lowest BCUT2D eigenvalue weighted by atomic mass is 10.1. The van der Waals surface area contributed by atoms with Gasteiger partial charge in [0, 0.05) is 18.1 Å². The van der Waals surface area contributed by atoms with Gasteiger partial charge >= 0.3 is 6.18 Å². The number of anilines is 1. The van der Waals surface area contributed by atoms with Gasteiger partial charge in [0.25, 0.3) is 5.91 Å². The molecule has 0 spiro atoms. The van der Waals surface area contributed by atoms with Crippen molar-refractivity contribution in [3.05, 3.63) is 30.2 Å². The van der Waals surface area contributed by atoms with Crippen molar-refractivity contribution in [2.24, 2.45) is 0 Å². The van der Waals surface area contributed by atoms with Crippen molar-refractivity contribution >= 4 is 22.5 Å². The zero-order valence-electron chi connectivity index (χ0n) is 16.8. The summed E-state index contributed by atoms with van der Waals surface area (Å²) >= 11 is 0. The highest BCUT2D eigenvalue weighted by Gasteiger charge is 2.48. The van der Waals surface area contributed by atoms with Crippen LogP contribution in [0.25, 0.3) is 10.9 Å². The van der Waals surface area contributed by atoms with E-state index in [1.807, 2.05) is 6.07 Å². The van der Waals surface area contributed by atoms with Crippen LogP contribution in [-0.4, -0.2) is 72.7 Å². The molecule has 2 N–H and O–H groups in total. The Balaban J connectivity index is 1.61. The highest BCUT2D eigenvalue weighted by atomic mass is 19.4. The number of ether oxygens (including phenoxy) is 1. The summed E-state index contributed by atoms with van der Waals surface area (Å²) < 4.78 is 60.3. The molecule has 0 aliphatic carbocycles. The average Bonchev–Trinajstić information content (AvgIpc) is 3.22. The molecule has 4 heterocycles. The minimum absolute atomic E-state index is 0.0395. The predicted molar refractivity (Wildman–Crippen MR) is 106 cm³/mol. The van der Waals surface area contributed by atoms with Gasteiger partial charge in [-0.25, -0.2) is 9.37 Å². The van der Waals surface area contributed by atoms with Crippen LogP contribution in [0, 0.1) is 11.3 Å². The monoisotopic (exact) mass is 452 g/mol. The second-order valence-electron chi connectivity index (χ2n) is 7.86. The topological polar surface area (TPSA) is 103 Å². The van der Waals surface area contributed by atoms with Crippen LogP contribution in [0.1, 0.15) is 12.1 Å². The third-order valence-electron chi connectivity index (χ3n) is 5.60. The van der Waals surface area contributed by atoms with E-state index in [1.165, 1.54) is 17.3 Å². The first-order valence-electron chi connectivity index (χ1n) is 9.98. The SMILES string of the molecule is N#Cc1ncc(N2C[C@@H](C(=O)NC[C@]3(F)CCNC3)O[C@@H](C(F)(F)F)C2)c2cccnc12. The first kappa shape index (κ1) is 22.2. The van der Waals surface area contributed by atoms with Crippen molar-refractivity contribution in [2.75, 3.05) is 37.6 Å². The lowest BCUT2D eigenvalue weighted by molar-refractivity contribution is -0.234. The summed E-state index contributed by atoms with van der Waals surface area (Å²) in [6, 6.07) is 5.12. The van der Waals surface area contributed by atoms with Crippen LogP contribution < -0.4 is 15.5 Å². The summed E-state index contributed by atoms with van der Waals surface area (Å²) in [5, 5.41) is 14.9. The number of nitrogens with zero attached hydrogens (tertiary/aromatic N) is 4. The number of morpholine rings is 1. The maximum Gasteiger partial charge on any atom is 0.416 e. The van der Waals surface area contributed by atoms with E-state index in [0.29, 0.717) is 17.6 Å². The number of carbonyl (C=O) groups is 1. The molecule has 3 atom stereocenters. The van der Waals surface area contributed by atoms with Crippen molar-refractivity contribution < 1.29 is 27.1 Å². The quantitative estimate of drug-likeness (QED) is 0.677. The maximum atomic E-state index is 14.5. The van der Waals surface area contributed by atoms with Crippen molar-refractivity contribution in [1.29, 1.82) is 5.26 Å². The fourth-order valence-electron chi connectivity index (χ4n) is 3.90. The predicted octanol–water partition coefficient (Wildman–Crippen LogP) is 1.46. The first-order valence-corrected chi connectivity index (χ1v) is 9.98. The van der Waals surface area contributed by atoms with Crippen LogP contribution in [-0.2, 0) is 9.53 Å². The van der Waals surface area contributed by atoms with E-state index in [0.717, 1.165) is 0 Å². The molecule has 0 saturated carbocycles. The number of pyridine rings is 2. The molecule has 0 aromatic carbocycles. The second kappa shape index (κ2) is 8.48. The normalized spacial score (nSPS) is 26.2. The van der Waals surface area contributed by atoms with Crippen molar-refractivity contribution in [1.82, 2.24) is 20.6 Å². The molecule has 8 nitrogen and oxygen atoms in total. The number of halogens is 4. The molecule has 0 unspecified atom stereocenters. The molecule has 1 amide bonds. The minimum atomic E-state index is -4.72. The van der Waals surface area contributed by atoms with Crippen molar-refractivity contribution in [2.45, 2.75) is 30.5 Å². The molecule has 32 heavy (non-hydrogen) atoms. The number of aromatic nitrogens is 2. The van der Waals surface area contributed by atoms with Crippen LogP contribution in [0.5, 0.6) is 0 Å². The average molecular weight is 452 g/mol. The molecular weight excluding hydrogens is 432 g/mol. The van der Waals surface area contributed by atoms with Gasteiger partial charge in [-0.05, 0) is 25.1 Å². The summed E-state index contributed by atoms with van der Waals surface area (Å²) in [5.41, 5.74) is -1.06. The summed E-state index contributed by atoms with van der Waals surface area (Å²) in [5.74, 6) is -0.822. The standard InChI is InChI=1S/C20H20F4N6O2/c21-19(3-5-26-10-19)11-29-18(31)15-8-30(9-16(32-15)20(22,23)24)14-7-28-13(6-25)17-12(14)2-1-4-27-17/h1-2,4,7,15-16,26H,3,5,8-11H2,(H,29,31)/t15-,16+,19-/m0/s1. The molecule has 4 rings (SSSR count). The van der Waals surface area contributed by atoms with E-state index in [9.17, 15) is 27.6 Å². The Hall–Kier alpha value is -3.04. The fourth-order valence-corrected chi connectivity index (χ4v) is 3.90. The molecule has 2 aliphatic rings. The van der Waals surface area contributed by atoms with E-state index in [1.54, 1.807) is 12.1 Å². The third-order valence-corrected chi connectivity index (χ3v) is 5.60. The van der Waals surface area contributed by atoms with Gasteiger partial charge in [-0.15, -0.1) is 0 Å². The van der Waals surface area contributed by atoms with E-state index in [-0.39, 0.29) is 37.3 Å². The largest absolute Gasteiger partial charge is 0.416 e. The van der Waals surface area contributed by atoms with Gasteiger partial charge in [0.1, 0.15) is 17.3 Å². The lowest BCUT2D eigenvalue weighted by Crippen LogP contribution is -2.58. The number of nitrogens with one attached hydrogen (secondary N) is 2. The van der Waals surface area contributed by atoms with Gasteiger partial charge in [-0.2, -0.15) is 18.4 Å². The lowest BCUT2D eigenvalue weighted by Gasteiger charge is -2.39. The molecule has 2 fully saturated rings. The number of carbonyl (C=O) groups excluding carboxylic acids is 1. The molecule has 2 aliphatic heterocycles. The highest BCUT2D eigenvalue weighted by Crippen LogP contribution is 2.33. The minimum Gasteiger partial charge on any atom is -0.364 e. The molecule has 2 saturated heterocycles. The van der Waals surface area contributed by atoms with Gasteiger partial charge in [0.15, 0.2) is 17.9 Å². The highest BCUT2D eigenvalue weighted by molar-refractivity contribution is 5.94. The van der Waals surface area contributed by atoms with Crippen LogP contribution in [0.2, 0.25) is 0 Å². The Labute approximate surface area is 180 Å². The molecule has 2 aromatic rings. The number of hydrogen-bond acceptors (Lipinski definition) is 7. The Morgan fingerprint density at radius 1 is 1.41 bits per heavy atom. The van der Waals surface area contributed by atoms with Crippen LogP contribution in [0.3, 0.4) is 0 Å². The maximum absolute atomic E-state index is 14.5. The zero-order valence-corrected chi connectivity index (χ0v) is 16.8. The fraction of sp³-hybridized carbons (Fsp3) is 0.500. The van der Waals surface area contributed by atoms with E-state index < -0.39 is 36.5 Å². The van der Waals surface area contributed by atoms with Gasteiger partial charge in [0.05, 0.1) is 31.5 Å². The molecule has 170 valence electrons. The van der Waals surface area contributed by atoms with Crippen LogP contribution in [0.4, 0.5) is 23.2 Å². The molecule has 0 radical (unpaired) electrons. The molecule has 0 bridgehead atoms. The first-order chi connectivity index (χ1) is 15.2. The van der Waals surface area contributed by atoms with E-state index in [4.69, 9.17) is 4.74 Å². The van der Waals surface area contributed by atoms with E-state index >= 15 is 0 Å². The third kappa shape index (κ3) is 4.44. The Morgan fingerprint density at radius 2 is 2.22 bits per heavy atom. The molecule has 2 aromatic heterocycles. The van der Waals surface area contributed by atoms with Crippen LogP contribution in [0.15, 0.2) is 24.5 Å². The zero-order chi connectivity index (χ0) is 22.9. The number of fused-ring (bicyclic) bond motifs is 1. The number of hydrogen-bond donors (Lipinski definition) is 2. The Morgan fingerprint density at radius 3 is 2.91 bits per heavy atom. The van der Waals surface area contributed by atoms with Gasteiger partial charge < -0.3 is 20.3 Å². The summed E-state index contributed by atoms with van der Waals surface area (Å²) in [6.07, 6.45) is -5.49. The van der Waals surface area contributed by atoms with Crippen molar-refractivity contribution in [3.8, 4) is 6.07 Å². The van der Waals surface area contributed by atoms with Crippen molar-refractivity contribution in [3.63, 3.8) is 0 Å². The summed E-state index contributed by atoms with van der Waals surface area (Å²) in [6.45, 7) is -0.564. The molecular formula is C20H20F4N6O2. The van der Waals surface area contributed by atoms with Crippen LogP contribution >= 0.6 is 0 Å². The van der Waals surface area contributed by atoms with Gasteiger partial charge in [-0.3, -0.25) is 9.78 Å². The Bertz CT molecular complexity index is 1050. The Kier molecular flexibility index (Phi) is 5.87.